The number of aromatic nitrogens is 4. The molecule has 6 N–H and O–H groups in total. The molecule has 146 valence electrons. The number of rotatable bonds is 5. The van der Waals surface area contributed by atoms with Crippen LogP contribution in [0.1, 0.15) is 38.2 Å². The molecule has 2 aromatic rings. The Labute approximate surface area is 156 Å². The number of ether oxygens (including phenoxy) is 1. The Morgan fingerprint density at radius 2 is 2.04 bits per heavy atom. The minimum atomic E-state index is -1.28. The molecular formula is C17H24N6O4. The van der Waals surface area contributed by atoms with Crippen molar-refractivity contribution in [3.8, 4) is 11.8 Å². The van der Waals surface area contributed by atoms with Gasteiger partial charge in [0.2, 0.25) is 11.8 Å². The third-order valence-electron chi connectivity index (χ3n) is 4.42. The third-order valence-corrected chi connectivity index (χ3v) is 4.42. The fourth-order valence-electron chi connectivity index (χ4n) is 2.97. The van der Waals surface area contributed by atoms with Gasteiger partial charge in [0, 0.05) is 13.5 Å². The number of anilines is 2. The number of nitrogens with two attached hydrogens (primary N) is 1. The quantitative estimate of drug-likeness (QED) is 0.347. The van der Waals surface area contributed by atoms with E-state index in [0.29, 0.717) is 17.1 Å². The van der Waals surface area contributed by atoms with Crippen molar-refractivity contribution in [3.63, 3.8) is 0 Å². The second kappa shape index (κ2) is 8.06. The van der Waals surface area contributed by atoms with Gasteiger partial charge in [-0.1, -0.05) is 19.3 Å². The molecular weight excluding hydrogens is 352 g/mol. The van der Waals surface area contributed by atoms with E-state index in [2.05, 4.69) is 39.0 Å². The Kier molecular flexibility index (Phi) is 5.76. The molecule has 0 aliphatic carbocycles. The highest BCUT2D eigenvalue weighted by atomic mass is 16.6. The smallest absolute Gasteiger partial charge is 0.208 e. The number of nitrogens with zero attached hydrogens (tertiary/aromatic N) is 4. The van der Waals surface area contributed by atoms with Crippen LogP contribution in [0.4, 0.5) is 11.8 Å². The van der Waals surface area contributed by atoms with E-state index in [1.54, 1.807) is 7.05 Å². The van der Waals surface area contributed by atoms with E-state index in [4.69, 9.17) is 10.5 Å². The van der Waals surface area contributed by atoms with E-state index in [-0.39, 0.29) is 11.6 Å². The predicted molar refractivity (Wildman–Crippen MR) is 98.7 cm³/mol. The van der Waals surface area contributed by atoms with Crippen LogP contribution in [0.3, 0.4) is 0 Å². The molecule has 10 heteroatoms. The summed E-state index contributed by atoms with van der Waals surface area (Å²) in [5, 5.41) is 32.7. The van der Waals surface area contributed by atoms with Crippen LogP contribution in [-0.2, 0) is 4.74 Å². The van der Waals surface area contributed by atoms with Crippen LogP contribution in [0.25, 0.3) is 11.2 Å². The minimum Gasteiger partial charge on any atom is -0.394 e. The van der Waals surface area contributed by atoms with Gasteiger partial charge in [-0.2, -0.15) is 0 Å². The van der Waals surface area contributed by atoms with Crippen molar-refractivity contribution in [2.24, 2.45) is 0 Å². The fourth-order valence-corrected chi connectivity index (χ4v) is 2.97. The van der Waals surface area contributed by atoms with Crippen molar-refractivity contribution in [1.29, 1.82) is 0 Å². The summed E-state index contributed by atoms with van der Waals surface area (Å²) in [6, 6.07) is 0. The summed E-state index contributed by atoms with van der Waals surface area (Å²) < 4.78 is 7.11. The average Bonchev–Trinajstić information content (AvgIpc) is 3.17. The summed E-state index contributed by atoms with van der Waals surface area (Å²) in [6.45, 7) is 1.66. The molecule has 1 saturated heterocycles. The lowest BCUT2D eigenvalue weighted by atomic mass is 10.1. The van der Waals surface area contributed by atoms with Crippen molar-refractivity contribution < 1.29 is 20.1 Å². The third kappa shape index (κ3) is 3.54. The van der Waals surface area contributed by atoms with Crippen molar-refractivity contribution in [2.75, 3.05) is 24.7 Å². The van der Waals surface area contributed by atoms with Gasteiger partial charge >= 0.3 is 0 Å². The summed E-state index contributed by atoms with van der Waals surface area (Å²) in [4.78, 5) is 12.9. The van der Waals surface area contributed by atoms with Crippen LogP contribution in [0, 0.1) is 11.8 Å². The summed E-state index contributed by atoms with van der Waals surface area (Å²) in [5.41, 5.74) is 6.67. The van der Waals surface area contributed by atoms with Crippen molar-refractivity contribution in [1.82, 2.24) is 19.5 Å². The normalized spacial score (nSPS) is 24.8. The second-order valence-corrected chi connectivity index (χ2v) is 6.29. The molecule has 0 aromatic carbocycles. The Morgan fingerprint density at radius 1 is 1.26 bits per heavy atom. The highest BCUT2D eigenvalue weighted by molar-refractivity contribution is 5.84. The Hall–Kier alpha value is -2.45. The molecule has 10 nitrogen and oxygen atoms in total. The first kappa shape index (κ1) is 19.3. The number of hydrogen-bond donors (Lipinski definition) is 5. The molecule has 1 aliphatic heterocycles. The van der Waals surface area contributed by atoms with E-state index in [1.165, 1.54) is 4.57 Å². The molecule has 27 heavy (non-hydrogen) atoms. The Bertz CT molecular complexity index is 874. The van der Waals surface area contributed by atoms with Crippen LogP contribution >= 0.6 is 0 Å². The molecule has 2 unspecified atom stereocenters. The lowest BCUT2D eigenvalue weighted by molar-refractivity contribution is -0.0501. The topological polar surface area (TPSA) is 152 Å². The molecule has 0 saturated carbocycles. The zero-order valence-electron chi connectivity index (χ0n) is 15.3. The van der Waals surface area contributed by atoms with E-state index in [1.807, 2.05) is 0 Å². The Balaban J connectivity index is 2.08. The summed E-state index contributed by atoms with van der Waals surface area (Å²) in [6.07, 6.45) is -1.68. The maximum absolute atomic E-state index is 10.4. The first-order valence-electron chi connectivity index (χ1n) is 8.86. The first-order valence-corrected chi connectivity index (χ1v) is 8.86. The maximum atomic E-state index is 10.4. The Morgan fingerprint density at radius 3 is 2.67 bits per heavy atom. The predicted octanol–water partition coefficient (Wildman–Crippen LogP) is -0.397. The molecule has 2 aromatic heterocycles. The molecule has 0 bridgehead atoms. The molecule has 3 heterocycles. The number of aliphatic hydroxyl groups is 3. The van der Waals surface area contributed by atoms with Crippen LogP contribution in [0.2, 0.25) is 0 Å². The number of aliphatic hydroxyl groups excluding tert-OH is 3. The van der Waals surface area contributed by atoms with Gasteiger partial charge in [-0.25, -0.2) is 15.0 Å². The van der Waals surface area contributed by atoms with E-state index in [0.717, 1.165) is 19.3 Å². The lowest BCUT2D eigenvalue weighted by Crippen LogP contribution is -2.33. The van der Waals surface area contributed by atoms with Gasteiger partial charge in [0.15, 0.2) is 23.2 Å². The second-order valence-electron chi connectivity index (χ2n) is 6.29. The first-order chi connectivity index (χ1) is 13.0. The molecule has 3 rings (SSSR count). The SMILES string of the molecule is CCCCC#Cc1nc(N)c2nc(NC)n([C@@H]3O[C@H](CO)C(O)C3O)c2n1. The molecule has 0 radical (unpaired) electrons. The van der Waals surface area contributed by atoms with Gasteiger partial charge in [0.05, 0.1) is 6.61 Å². The number of hydrogen-bond acceptors (Lipinski definition) is 9. The van der Waals surface area contributed by atoms with E-state index >= 15 is 0 Å². The number of nitrogens with one attached hydrogen (secondary N) is 1. The van der Waals surface area contributed by atoms with E-state index in [9.17, 15) is 15.3 Å². The van der Waals surface area contributed by atoms with E-state index < -0.39 is 31.1 Å². The molecule has 0 amide bonds. The van der Waals surface area contributed by atoms with Crippen LogP contribution in [0.5, 0.6) is 0 Å². The number of imidazole rings is 1. The highest BCUT2D eigenvalue weighted by Crippen LogP contribution is 2.35. The van der Waals surface area contributed by atoms with Crippen LogP contribution in [0.15, 0.2) is 0 Å². The van der Waals surface area contributed by atoms with Crippen molar-refractivity contribution >= 4 is 22.9 Å². The maximum Gasteiger partial charge on any atom is 0.208 e. The number of nitrogen functional groups attached to an aromatic ring is 1. The van der Waals surface area contributed by atoms with Gasteiger partial charge in [-0.3, -0.25) is 4.57 Å². The lowest BCUT2D eigenvalue weighted by Gasteiger charge is -2.19. The highest BCUT2D eigenvalue weighted by Gasteiger charge is 2.45. The number of unbranched alkanes of at least 4 members (excludes halogenated alkanes) is 2. The van der Waals surface area contributed by atoms with Crippen molar-refractivity contribution in [2.45, 2.75) is 50.7 Å². The fraction of sp³-hybridized carbons (Fsp3) is 0.588. The van der Waals surface area contributed by atoms with Gasteiger partial charge in [0.25, 0.3) is 0 Å². The largest absolute Gasteiger partial charge is 0.394 e. The van der Waals surface area contributed by atoms with Crippen molar-refractivity contribution in [3.05, 3.63) is 5.82 Å². The van der Waals surface area contributed by atoms with Crippen LogP contribution < -0.4 is 11.1 Å². The zero-order valence-corrected chi connectivity index (χ0v) is 15.3. The molecule has 4 atom stereocenters. The molecule has 1 aliphatic rings. The molecule has 0 spiro atoms. The molecule has 1 fully saturated rings. The van der Waals surface area contributed by atoms with Gasteiger partial charge in [-0.15, -0.1) is 0 Å². The standard InChI is InChI=1S/C17H24N6O4/c1-3-4-5-6-7-10-20-14(18)11-15(21-10)23(17(19-2)22-11)16-13(26)12(25)9(8-24)27-16/h9,12-13,16,24-26H,3-5,8H2,1-2H3,(H,19,22)(H2,18,20,21)/t9-,12?,13?,16-/m1/s1. The minimum absolute atomic E-state index is 0.154. The summed E-state index contributed by atoms with van der Waals surface area (Å²) >= 11 is 0. The zero-order chi connectivity index (χ0) is 19.6. The summed E-state index contributed by atoms with van der Waals surface area (Å²) in [5.74, 6) is 6.63. The van der Waals surface area contributed by atoms with Crippen LogP contribution in [-0.4, -0.2) is 66.8 Å². The monoisotopic (exact) mass is 376 g/mol. The number of fused-ring (bicyclic) bond motifs is 1. The van der Waals surface area contributed by atoms with Gasteiger partial charge in [-0.05, 0) is 12.3 Å². The average molecular weight is 376 g/mol. The van der Waals surface area contributed by atoms with Gasteiger partial charge in [0.1, 0.15) is 18.3 Å². The van der Waals surface area contributed by atoms with Gasteiger partial charge < -0.3 is 31.1 Å². The summed E-state index contributed by atoms with van der Waals surface area (Å²) in [7, 11) is 1.65.